The fourth-order valence-electron chi connectivity index (χ4n) is 1.31. The third-order valence-corrected chi connectivity index (χ3v) is 2.50. The first-order valence-electron chi connectivity index (χ1n) is 5.44. The van der Waals surface area contributed by atoms with Crippen LogP contribution < -0.4 is 10.6 Å². The lowest BCUT2D eigenvalue weighted by Crippen LogP contribution is -2.29. The molecule has 0 spiro atoms. The third kappa shape index (κ3) is 4.14. The van der Waals surface area contributed by atoms with Crippen molar-refractivity contribution >= 4 is 23.0 Å². The number of thiocarbonyl (C=S) groups is 1. The van der Waals surface area contributed by atoms with Crippen LogP contribution in [0.2, 0.25) is 0 Å². The molecular formula is C12H17FN2S. The summed E-state index contributed by atoms with van der Waals surface area (Å²) in [7, 11) is 0. The molecule has 88 valence electrons. The van der Waals surface area contributed by atoms with Crippen molar-refractivity contribution in [3.8, 4) is 0 Å². The van der Waals surface area contributed by atoms with Crippen LogP contribution in [0.25, 0.3) is 0 Å². The predicted molar refractivity (Wildman–Crippen MR) is 70.3 cm³/mol. The minimum atomic E-state index is -0.229. The fourth-order valence-corrected chi connectivity index (χ4v) is 1.52. The number of hydrogen-bond donors (Lipinski definition) is 2. The fraction of sp³-hybridized carbons (Fsp3) is 0.417. The van der Waals surface area contributed by atoms with Crippen LogP contribution in [0.15, 0.2) is 18.2 Å². The molecule has 0 saturated heterocycles. The number of hydrogen-bond acceptors (Lipinski definition) is 1. The van der Waals surface area contributed by atoms with Crippen LogP contribution >= 0.6 is 12.2 Å². The average molecular weight is 240 g/mol. The van der Waals surface area contributed by atoms with Crippen LogP contribution in [0.1, 0.15) is 25.3 Å². The van der Waals surface area contributed by atoms with Gasteiger partial charge in [0.2, 0.25) is 0 Å². The maximum absolute atomic E-state index is 12.9. The summed E-state index contributed by atoms with van der Waals surface area (Å²) < 4.78 is 12.9. The van der Waals surface area contributed by atoms with Gasteiger partial charge in [0.15, 0.2) is 5.11 Å². The molecular weight excluding hydrogens is 223 g/mol. The van der Waals surface area contributed by atoms with Gasteiger partial charge in [0.25, 0.3) is 0 Å². The Balaban J connectivity index is 2.49. The first-order chi connectivity index (χ1) is 7.63. The third-order valence-electron chi connectivity index (χ3n) is 2.25. The van der Waals surface area contributed by atoms with Crippen molar-refractivity contribution < 1.29 is 4.39 Å². The zero-order chi connectivity index (χ0) is 12.0. The molecule has 16 heavy (non-hydrogen) atoms. The van der Waals surface area contributed by atoms with Gasteiger partial charge in [0, 0.05) is 12.2 Å². The Kier molecular flexibility index (Phi) is 5.19. The minimum Gasteiger partial charge on any atom is -0.362 e. The molecule has 1 aromatic carbocycles. The minimum absolute atomic E-state index is 0.229. The van der Waals surface area contributed by atoms with Gasteiger partial charge in [-0.05, 0) is 49.3 Å². The summed E-state index contributed by atoms with van der Waals surface area (Å²) in [6.07, 6.45) is 2.22. The molecule has 0 radical (unpaired) electrons. The Bertz CT molecular complexity index is 366. The van der Waals surface area contributed by atoms with E-state index in [4.69, 9.17) is 12.2 Å². The van der Waals surface area contributed by atoms with Crippen LogP contribution in [-0.4, -0.2) is 11.7 Å². The molecule has 2 nitrogen and oxygen atoms in total. The first kappa shape index (κ1) is 12.9. The van der Waals surface area contributed by atoms with Crippen LogP contribution in [0.4, 0.5) is 10.1 Å². The van der Waals surface area contributed by atoms with Crippen molar-refractivity contribution in [3.05, 3.63) is 29.6 Å². The standard InChI is InChI=1S/C12H17FN2S/c1-3-4-7-14-12(16)15-11-6-5-10(13)8-9(11)2/h5-6,8H,3-4,7H2,1-2H3,(H2,14,15,16). The quantitative estimate of drug-likeness (QED) is 0.624. The van der Waals surface area contributed by atoms with E-state index < -0.39 is 0 Å². The first-order valence-corrected chi connectivity index (χ1v) is 5.85. The number of nitrogens with one attached hydrogen (secondary N) is 2. The molecule has 0 aliphatic heterocycles. The molecule has 0 aromatic heterocycles. The van der Waals surface area contributed by atoms with Crippen molar-refractivity contribution in [2.45, 2.75) is 26.7 Å². The number of rotatable bonds is 4. The molecule has 2 N–H and O–H groups in total. The molecule has 1 aromatic rings. The highest BCUT2D eigenvalue weighted by atomic mass is 32.1. The van der Waals surface area contributed by atoms with Crippen molar-refractivity contribution in [2.75, 3.05) is 11.9 Å². The van der Waals surface area contributed by atoms with Gasteiger partial charge in [-0.15, -0.1) is 0 Å². The molecule has 0 atom stereocenters. The second-order valence-corrected chi connectivity index (χ2v) is 4.10. The summed E-state index contributed by atoms with van der Waals surface area (Å²) in [4.78, 5) is 0. The molecule has 1 rings (SSSR count). The lowest BCUT2D eigenvalue weighted by molar-refractivity contribution is 0.627. The van der Waals surface area contributed by atoms with Crippen LogP contribution in [0.5, 0.6) is 0 Å². The molecule has 0 bridgehead atoms. The Morgan fingerprint density at radius 3 is 2.81 bits per heavy atom. The number of aryl methyl sites for hydroxylation is 1. The summed E-state index contributed by atoms with van der Waals surface area (Å²) in [5.74, 6) is -0.229. The number of anilines is 1. The summed E-state index contributed by atoms with van der Waals surface area (Å²) in [5, 5.41) is 6.74. The Morgan fingerprint density at radius 2 is 2.19 bits per heavy atom. The van der Waals surface area contributed by atoms with E-state index in [2.05, 4.69) is 17.6 Å². The Hall–Kier alpha value is -1.16. The lowest BCUT2D eigenvalue weighted by Gasteiger charge is -2.12. The van der Waals surface area contributed by atoms with Gasteiger partial charge < -0.3 is 10.6 Å². The van der Waals surface area contributed by atoms with E-state index in [1.54, 1.807) is 6.07 Å². The molecule has 4 heteroatoms. The van der Waals surface area contributed by atoms with E-state index in [9.17, 15) is 4.39 Å². The van der Waals surface area contributed by atoms with Crippen molar-refractivity contribution in [1.29, 1.82) is 0 Å². The van der Waals surface area contributed by atoms with Gasteiger partial charge in [-0.3, -0.25) is 0 Å². The van der Waals surface area contributed by atoms with E-state index in [1.807, 2.05) is 6.92 Å². The Labute approximate surface area is 101 Å². The summed E-state index contributed by atoms with van der Waals surface area (Å²) in [6.45, 7) is 4.84. The molecule has 0 aliphatic carbocycles. The number of unbranched alkanes of at least 4 members (excludes halogenated alkanes) is 1. The maximum atomic E-state index is 12.9. The second-order valence-electron chi connectivity index (χ2n) is 3.69. The largest absolute Gasteiger partial charge is 0.362 e. The highest BCUT2D eigenvalue weighted by Gasteiger charge is 2.01. The summed E-state index contributed by atoms with van der Waals surface area (Å²) in [5.41, 5.74) is 1.69. The molecule has 0 amide bonds. The van der Waals surface area contributed by atoms with Crippen molar-refractivity contribution in [2.24, 2.45) is 0 Å². The van der Waals surface area contributed by atoms with Crippen LogP contribution in [0, 0.1) is 12.7 Å². The SMILES string of the molecule is CCCCNC(=S)Nc1ccc(F)cc1C. The zero-order valence-corrected chi connectivity index (χ0v) is 10.5. The van der Waals surface area contributed by atoms with Crippen LogP contribution in [-0.2, 0) is 0 Å². The van der Waals surface area contributed by atoms with E-state index >= 15 is 0 Å². The lowest BCUT2D eigenvalue weighted by atomic mass is 10.2. The van der Waals surface area contributed by atoms with E-state index in [-0.39, 0.29) is 5.82 Å². The summed E-state index contributed by atoms with van der Waals surface area (Å²) in [6, 6.07) is 4.60. The smallest absolute Gasteiger partial charge is 0.170 e. The van der Waals surface area contributed by atoms with Gasteiger partial charge in [0.1, 0.15) is 5.82 Å². The molecule has 0 saturated carbocycles. The highest BCUT2D eigenvalue weighted by Crippen LogP contribution is 2.15. The molecule has 0 unspecified atom stereocenters. The van der Waals surface area contributed by atoms with Crippen molar-refractivity contribution in [1.82, 2.24) is 5.32 Å². The second kappa shape index (κ2) is 6.43. The molecule has 0 aliphatic rings. The molecule has 0 fully saturated rings. The predicted octanol–water partition coefficient (Wildman–Crippen LogP) is 3.22. The summed E-state index contributed by atoms with van der Waals surface area (Å²) >= 11 is 5.13. The number of halogens is 1. The van der Waals surface area contributed by atoms with Gasteiger partial charge in [-0.25, -0.2) is 4.39 Å². The molecule has 0 heterocycles. The zero-order valence-electron chi connectivity index (χ0n) is 9.64. The van der Waals surface area contributed by atoms with E-state index in [0.717, 1.165) is 30.6 Å². The highest BCUT2D eigenvalue weighted by molar-refractivity contribution is 7.80. The van der Waals surface area contributed by atoms with E-state index in [1.165, 1.54) is 12.1 Å². The topological polar surface area (TPSA) is 24.1 Å². The van der Waals surface area contributed by atoms with Gasteiger partial charge >= 0.3 is 0 Å². The average Bonchev–Trinajstić information content (AvgIpc) is 2.23. The maximum Gasteiger partial charge on any atom is 0.170 e. The van der Waals surface area contributed by atoms with E-state index in [0.29, 0.717) is 5.11 Å². The van der Waals surface area contributed by atoms with Gasteiger partial charge in [0.05, 0.1) is 0 Å². The van der Waals surface area contributed by atoms with Crippen molar-refractivity contribution in [3.63, 3.8) is 0 Å². The number of benzene rings is 1. The van der Waals surface area contributed by atoms with Gasteiger partial charge in [-0.1, -0.05) is 13.3 Å². The van der Waals surface area contributed by atoms with Gasteiger partial charge in [-0.2, -0.15) is 0 Å². The Morgan fingerprint density at radius 1 is 1.44 bits per heavy atom. The normalized spacial score (nSPS) is 9.94. The monoisotopic (exact) mass is 240 g/mol. The van der Waals surface area contributed by atoms with Crippen LogP contribution in [0.3, 0.4) is 0 Å².